The van der Waals surface area contributed by atoms with Crippen molar-refractivity contribution in [2.75, 3.05) is 13.1 Å². The Morgan fingerprint density at radius 2 is 2.00 bits per heavy atom. The van der Waals surface area contributed by atoms with E-state index in [-0.39, 0.29) is 11.9 Å². The van der Waals surface area contributed by atoms with Crippen LogP contribution in [0.2, 0.25) is 0 Å². The molecule has 2 heterocycles. The van der Waals surface area contributed by atoms with Crippen molar-refractivity contribution in [2.24, 2.45) is 0 Å². The summed E-state index contributed by atoms with van der Waals surface area (Å²) < 4.78 is 0. The molecule has 0 aliphatic carbocycles. The standard InChI is InChI=1S/C20H26N4O/c1-15-5-3-7-19(16(15)2)20(25)24(13-17-11-22-14-23-12-17)18-6-4-9-21-10-8-18/h3,5,7,11-12,14,18,21H,4,6,8-10,13H2,1-2H3/t18-/m0/s1. The van der Waals surface area contributed by atoms with Crippen molar-refractivity contribution in [3.8, 4) is 0 Å². The highest BCUT2D eigenvalue weighted by molar-refractivity contribution is 5.96. The molecule has 0 unspecified atom stereocenters. The molecule has 0 radical (unpaired) electrons. The molecule has 1 fully saturated rings. The van der Waals surface area contributed by atoms with Gasteiger partial charge in [0.15, 0.2) is 0 Å². The number of nitrogens with zero attached hydrogens (tertiary/aromatic N) is 3. The molecule has 132 valence electrons. The quantitative estimate of drug-likeness (QED) is 0.931. The highest BCUT2D eigenvalue weighted by Crippen LogP contribution is 2.22. The number of amides is 1. The Kier molecular flexibility index (Phi) is 5.76. The Hall–Kier alpha value is -2.27. The van der Waals surface area contributed by atoms with Gasteiger partial charge in [0.05, 0.1) is 0 Å². The summed E-state index contributed by atoms with van der Waals surface area (Å²) in [5.74, 6) is 0.108. The Labute approximate surface area is 149 Å². The largest absolute Gasteiger partial charge is 0.331 e. The van der Waals surface area contributed by atoms with Crippen molar-refractivity contribution in [2.45, 2.75) is 45.7 Å². The van der Waals surface area contributed by atoms with Gasteiger partial charge in [0.2, 0.25) is 0 Å². The lowest BCUT2D eigenvalue weighted by molar-refractivity contribution is 0.0644. The Balaban J connectivity index is 1.91. The third-order valence-corrected chi connectivity index (χ3v) is 5.05. The van der Waals surface area contributed by atoms with Crippen LogP contribution in [0, 0.1) is 13.8 Å². The lowest BCUT2D eigenvalue weighted by Crippen LogP contribution is -2.40. The minimum atomic E-state index is 0.108. The lowest BCUT2D eigenvalue weighted by atomic mass is 10.00. The number of hydrogen-bond donors (Lipinski definition) is 1. The van der Waals surface area contributed by atoms with Crippen molar-refractivity contribution >= 4 is 5.91 Å². The fraction of sp³-hybridized carbons (Fsp3) is 0.450. The molecular weight excluding hydrogens is 312 g/mol. The highest BCUT2D eigenvalue weighted by Gasteiger charge is 2.27. The van der Waals surface area contributed by atoms with E-state index in [4.69, 9.17) is 0 Å². The van der Waals surface area contributed by atoms with E-state index in [1.54, 1.807) is 12.4 Å². The molecule has 1 N–H and O–H groups in total. The third-order valence-electron chi connectivity index (χ3n) is 5.05. The van der Waals surface area contributed by atoms with Crippen molar-refractivity contribution in [1.82, 2.24) is 20.2 Å². The van der Waals surface area contributed by atoms with Crippen molar-refractivity contribution in [1.29, 1.82) is 0 Å². The minimum Gasteiger partial charge on any atom is -0.331 e. The molecule has 1 aliphatic rings. The fourth-order valence-corrected chi connectivity index (χ4v) is 3.42. The molecule has 1 aromatic carbocycles. The number of nitrogens with one attached hydrogen (secondary N) is 1. The number of aromatic nitrogens is 2. The van der Waals surface area contributed by atoms with E-state index in [1.807, 2.05) is 24.0 Å². The molecule has 0 spiro atoms. The molecule has 1 saturated heterocycles. The predicted molar refractivity (Wildman–Crippen MR) is 98.3 cm³/mol. The molecule has 25 heavy (non-hydrogen) atoms. The van der Waals surface area contributed by atoms with Crippen LogP contribution >= 0.6 is 0 Å². The van der Waals surface area contributed by atoms with Gasteiger partial charge >= 0.3 is 0 Å². The summed E-state index contributed by atoms with van der Waals surface area (Å²) in [7, 11) is 0. The van der Waals surface area contributed by atoms with Crippen LogP contribution in [-0.2, 0) is 6.54 Å². The summed E-state index contributed by atoms with van der Waals surface area (Å²) in [6.45, 7) is 6.61. The van der Waals surface area contributed by atoms with Crippen molar-refractivity contribution in [3.63, 3.8) is 0 Å². The zero-order valence-electron chi connectivity index (χ0n) is 15.0. The molecule has 0 saturated carbocycles. The van der Waals surface area contributed by atoms with Gasteiger partial charge in [-0.15, -0.1) is 0 Å². The van der Waals surface area contributed by atoms with Gasteiger partial charge in [-0.25, -0.2) is 9.97 Å². The van der Waals surface area contributed by atoms with Gasteiger partial charge < -0.3 is 10.2 Å². The maximum atomic E-state index is 13.4. The summed E-state index contributed by atoms with van der Waals surface area (Å²) in [6, 6.07) is 6.20. The van der Waals surface area contributed by atoms with E-state index in [0.717, 1.165) is 54.6 Å². The molecule has 5 nitrogen and oxygen atoms in total. The van der Waals surface area contributed by atoms with Crippen molar-refractivity contribution in [3.05, 3.63) is 59.2 Å². The molecule has 1 aliphatic heterocycles. The lowest BCUT2D eigenvalue weighted by Gasteiger charge is -2.32. The first-order valence-electron chi connectivity index (χ1n) is 8.98. The fourth-order valence-electron chi connectivity index (χ4n) is 3.42. The van der Waals surface area contributed by atoms with Crippen LogP contribution in [0.25, 0.3) is 0 Å². The summed E-state index contributed by atoms with van der Waals surface area (Å²) in [6.07, 6.45) is 8.21. The first-order chi connectivity index (χ1) is 12.2. The van der Waals surface area contributed by atoms with Gasteiger partial charge in [-0.05, 0) is 63.4 Å². The van der Waals surface area contributed by atoms with E-state index in [0.29, 0.717) is 6.54 Å². The van der Waals surface area contributed by atoms with Gasteiger partial charge in [0, 0.05) is 36.1 Å². The van der Waals surface area contributed by atoms with Gasteiger partial charge in [-0.3, -0.25) is 4.79 Å². The SMILES string of the molecule is Cc1cccc(C(=O)N(Cc2cncnc2)[C@H]2CCCNCC2)c1C. The first kappa shape index (κ1) is 17.5. The van der Waals surface area contributed by atoms with E-state index in [9.17, 15) is 4.79 Å². The van der Waals surface area contributed by atoms with Crippen LogP contribution in [0.1, 0.15) is 46.3 Å². The van der Waals surface area contributed by atoms with Crippen LogP contribution in [0.15, 0.2) is 36.9 Å². The number of carbonyl (C=O) groups is 1. The maximum absolute atomic E-state index is 13.4. The average Bonchev–Trinajstić information content (AvgIpc) is 2.92. The predicted octanol–water partition coefficient (Wildman–Crippen LogP) is 2.88. The molecular formula is C20H26N4O. The van der Waals surface area contributed by atoms with E-state index in [2.05, 4.69) is 28.3 Å². The highest BCUT2D eigenvalue weighted by atomic mass is 16.2. The number of hydrogen-bond acceptors (Lipinski definition) is 4. The molecule has 1 amide bonds. The van der Waals surface area contributed by atoms with Gasteiger partial charge in [-0.1, -0.05) is 12.1 Å². The second kappa shape index (κ2) is 8.21. The van der Waals surface area contributed by atoms with Crippen LogP contribution in [0.5, 0.6) is 0 Å². The third kappa shape index (κ3) is 4.23. The van der Waals surface area contributed by atoms with E-state index >= 15 is 0 Å². The van der Waals surface area contributed by atoms with Crippen molar-refractivity contribution < 1.29 is 4.79 Å². The monoisotopic (exact) mass is 338 g/mol. The summed E-state index contributed by atoms with van der Waals surface area (Å²) in [5, 5.41) is 3.43. The van der Waals surface area contributed by atoms with Crippen LogP contribution in [0.4, 0.5) is 0 Å². The Bertz CT molecular complexity index is 709. The zero-order chi connectivity index (χ0) is 17.6. The number of rotatable bonds is 4. The number of carbonyl (C=O) groups excluding carboxylic acids is 1. The van der Waals surface area contributed by atoms with E-state index < -0.39 is 0 Å². The normalized spacial score (nSPS) is 17.8. The van der Waals surface area contributed by atoms with E-state index in [1.165, 1.54) is 6.33 Å². The van der Waals surface area contributed by atoms with Gasteiger partial charge in [-0.2, -0.15) is 0 Å². The van der Waals surface area contributed by atoms with Crippen LogP contribution in [-0.4, -0.2) is 39.9 Å². The Morgan fingerprint density at radius 1 is 1.20 bits per heavy atom. The number of aryl methyl sites for hydroxylation is 1. The first-order valence-corrected chi connectivity index (χ1v) is 8.98. The second-order valence-corrected chi connectivity index (χ2v) is 6.76. The number of benzene rings is 1. The Morgan fingerprint density at radius 3 is 2.80 bits per heavy atom. The second-order valence-electron chi connectivity index (χ2n) is 6.76. The van der Waals surface area contributed by atoms with Crippen LogP contribution in [0.3, 0.4) is 0 Å². The van der Waals surface area contributed by atoms with Gasteiger partial charge in [0.25, 0.3) is 5.91 Å². The molecule has 2 aromatic rings. The van der Waals surface area contributed by atoms with Gasteiger partial charge in [0.1, 0.15) is 6.33 Å². The smallest absolute Gasteiger partial charge is 0.254 e. The topological polar surface area (TPSA) is 58.1 Å². The summed E-state index contributed by atoms with van der Waals surface area (Å²) in [5.41, 5.74) is 3.98. The van der Waals surface area contributed by atoms with Crippen LogP contribution < -0.4 is 5.32 Å². The molecule has 5 heteroatoms. The molecule has 1 atom stereocenters. The maximum Gasteiger partial charge on any atom is 0.254 e. The molecule has 0 bridgehead atoms. The average molecular weight is 338 g/mol. The summed E-state index contributed by atoms with van der Waals surface area (Å²) in [4.78, 5) is 23.6. The summed E-state index contributed by atoms with van der Waals surface area (Å²) >= 11 is 0. The molecule has 3 rings (SSSR count). The minimum absolute atomic E-state index is 0.108. The zero-order valence-corrected chi connectivity index (χ0v) is 15.0. The molecule has 1 aromatic heterocycles.